The molecule has 3 nitrogen and oxygen atoms in total. The number of rotatable bonds is 6. The molecule has 3 heteroatoms. The van der Waals surface area contributed by atoms with Crippen LogP contribution in [0.2, 0.25) is 0 Å². The van der Waals surface area contributed by atoms with Gasteiger partial charge in [0, 0.05) is 12.6 Å². The van der Waals surface area contributed by atoms with Crippen LogP contribution in [0.5, 0.6) is 0 Å². The number of carbonyl (C=O) groups excluding carboxylic acids is 1. The molecule has 0 aliphatic carbocycles. The van der Waals surface area contributed by atoms with Crippen molar-refractivity contribution >= 4 is 5.91 Å². The van der Waals surface area contributed by atoms with Crippen molar-refractivity contribution in [2.24, 2.45) is 5.73 Å². The van der Waals surface area contributed by atoms with Crippen LogP contribution in [0.25, 0.3) is 0 Å². The highest BCUT2D eigenvalue weighted by molar-refractivity contribution is 5.81. The fourth-order valence-electron chi connectivity index (χ4n) is 1.55. The van der Waals surface area contributed by atoms with Gasteiger partial charge in [0.05, 0.1) is 6.04 Å². The molecule has 1 unspecified atom stereocenters. The van der Waals surface area contributed by atoms with E-state index in [1.54, 1.807) is 0 Å². The van der Waals surface area contributed by atoms with Gasteiger partial charge < -0.3 is 10.6 Å². The smallest absolute Gasteiger partial charge is 0.239 e. The van der Waals surface area contributed by atoms with Crippen LogP contribution < -0.4 is 5.73 Å². The molecule has 14 heavy (non-hydrogen) atoms. The SMILES string of the molecule is CCC[C@@H](N)C(=O)N(CC)C(C)CC. The Bertz CT molecular complexity index is 171. The molecule has 2 N–H and O–H groups in total. The van der Waals surface area contributed by atoms with E-state index in [0.717, 1.165) is 25.8 Å². The van der Waals surface area contributed by atoms with E-state index in [9.17, 15) is 4.79 Å². The van der Waals surface area contributed by atoms with E-state index in [-0.39, 0.29) is 11.9 Å². The van der Waals surface area contributed by atoms with Gasteiger partial charge in [-0.1, -0.05) is 20.3 Å². The summed E-state index contributed by atoms with van der Waals surface area (Å²) in [6, 6.07) is -0.00986. The molecule has 1 amide bonds. The molecule has 0 saturated carbocycles. The summed E-state index contributed by atoms with van der Waals surface area (Å²) in [5, 5.41) is 0. The molecule has 0 rings (SSSR count). The van der Waals surface area contributed by atoms with Crippen molar-refractivity contribution in [2.45, 2.75) is 59.0 Å². The van der Waals surface area contributed by atoms with Gasteiger partial charge in [0.25, 0.3) is 0 Å². The fraction of sp³-hybridized carbons (Fsp3) is 0.909. The highest BCUT2D eigenvalue weighted by atomic mass is 16.2. The first kappa shape index (κ1) is 13.4. The van der Waals surface area contributed by atoms with Crippen LogP contribution >= 0.6 is 0 Å². The van der Waals surface area contributed by atoms with Gasteiger partial charge in [-0.15, -0.1) is 0 Å². The van der Waals surface area contributed by atoms with Crippen molar-refractivity contribution in [3.8, 4) is 0 Å². The lowest BCUT2D eigenvalue weighted by Gasteiger charge is -2.29. The lowest BCUT2D eigenvalue weighted by atomic mass is 10.1. The third-order valence-electron chi connectivity index (χ3n) is 2.66. The number of nitrogens with zero attached hydrogens (tertiary/aromatic N) is 1. The van der Waals surface area contributed by atoms with Crippen LogP contribution in [0.3, 0.4) is 0 Å². The van der Waals surface area contributed by atoms with Crippen LogP contribution in [0.1, 0.15) is 47.0 Å². The number of amides is 1. The van der Waals surface area contributed by atoms with Gasteiger partial charge in [0.15, 0.2) is 0 Å². The molecule has 0 aromatic rings. The van der Waals surface area contributed by atoms with E-state index in [1.807, 2.05) is 18.7 Å². The van der Waals surface area contributed by atoms with E-state index in [4.69, 9.17) is 5.73 Å². The molecule has 0 fully saturated rings. The molecule has 0 aliphatic heterocycles. The minimum atomic E-state index is -0.311. The third-order valence-corrected chi connectivity index (χ3v) is 2.66. The number of nitrogens with two attached hydrogens (primary N) is 1. The van der Waals surface area contributed by atoms with E-state index in [1.165, 1.54) is 0 Å². The van der Waals surface area contributed by atoms with Crippen LogP contribution in [0.15, 0.2) is 0 Å². The van der Waals surface area contributed by atoms with Gasteiger partial charge in [0.2, 0.25) is 5.91 Å². The van der Waals surface area contributed by atoms with E-state index in [0.29, 0.717) is 6.04 Å². The Morgan fingerprint density at radius 1 is 1.36 bits per heavy atom. The summed E-state index contributed by atoms with van der Waals surface area (Å²) in [4.78, 5) is 13.7. The minimum Gasteiger partial charge on any atom is -0.339 e. The van der Waals surface area contributed by atoms with E-state index in [2.05, 4.69) is 13.8 Å². The molecular formula is C11H24N2O. The molecule has 0 spiro atoms. The summed E-state index contributed by atoms with van der Waals surface area (Å²) >= 11 is 0. The molecule has 84 valence electrons. The quantitative estimate of drug-likeness (QED) is 0.710. The third kappa shape index (κ3) is 3.66. The van der Waals surface area contributed by atoms with Crippen LogP contribution in [-0.2, 0) is 4.79 Å². The Kier molecular flexibility index (Phi) is 6.54. The summed E-state index contributed by atoms with van der Waals surface area (Å²) in [6.07, 6.45) is 2.73. The zero-order chi connectivity index (χ0) is 11.1. The topological polar surface area (TPSA) is 46.3 Å². The Morgan fingerprint density at radius 2 is 1.93 bits per heavy atom. The predicted octanol–water partition coefficient (Wildman–Crippen LogP) is 1.76. The Hall–Kier alpha value is -0.570. The maximum absolute atomic E-state index is 11.9. The fourth-order valence-corrected chi connectivity index (χ4v) is 1.55. The Balaban J connectivity index is 4.29. The van der Waals surface area contributed by atoms with Crippen LogP contribution in [-0.4, -0.2) is 29.4 Å². The Labute approximate surface area is 87.6 Å². The minimum absolute atomic E-state index is 0.101. The standard InChI is InChI=1S/C11H24N2O/c1-5-8-10(12)11(14)13(7-3)9(4)6-2/h9-10H,5-8,12H2,1-4H3/t9?,10-/m1/s1. The molecule has 0 bridgehead atoms. The monoisotopic (exact) mass is 200 g/mol. The summed E-state index contributed by atoms with van der Waals surface area (Å²) in [5.41, 5.74) is 5.81. The lowest BCUT2D eigenvalue weighted by Crippen LogP contribution is -2.47. The molecule has 0 heterocycles. The average molecular weight is 200 g/mol. The largest absolute Gasteiger partial charge is 0.339 e. The lowest BCUT2D eigenvalue weighted by molar-refractivity contribution is -0.134. The Morgan fingerprint density at radius 3 is 2.29 bits per heavy atom. The first-order valence-corrected chi connectivity index (χ1v) is 5.64. The molecule has 0 saturated heterocycles. The predicted molar refractivity (Wildman–Crippen MR) is 60.0 cm³/mol. The summed E-state index contributed by atoms with van der Waals surface area (Å²) in [7, 11) is 0. The molecule has 0 aliphatic rings. The van der Waals surface area contributed by atoms with Crippen molar-refractivity contribution in [3.05, 3.63) is 0 Å². The van der Waals surface area contributed by atoms with Gasteiger partial charge in [-0.3, -0.25) is 4.79 Å². The molecule has 0 radical (unpaired) electrons. The van der Waals surface area contributed by atoms with Gasteiger partial charge >= 0.3 is 0 Å². The maximum atomic E-state index is 11.9. The maximum Gasteiger partial charge on any atom is 0.239 e. The number of likely N-dealkylation sites (N-methyl/N-ethyl adjacent to an activating group) is 1. The van der Waals surface area contributed by atoms with Gasteiger partial charge in [-0.2, -0.15) is 0 Å². The molecule has 2 atom stereocenters. The zero-order valence-electron chi connectivity index (χ0n) is 9.92. The summed E-state index contributed by atoms with van der Waals surface area (Å²) in [5.74, 6) is 0.101. The van der Waals surface area contributed by atoms with E-state index >= 15 is 0 Å². The number of hydrogen-bond donors (Lipinski definition) is 1. The normalized spacial score (nSPS) is 14.9. The second kappa shape index (κ2) is 6.82. The first-order valence-electron chi connectivity index (χ1n) is 5.64. The molecule has 0 aromatic heterocycles. The van der Waals surface area contributed by atoms with Crippen molar-refractivity contribution < 1.29 is 4.79 Å². The van der Waals surface area contributed by atoms with E-state index < -0.39 is 0 Å². The van der Waals surface area contributed by atoms with Crippen LogP contribution in [0.4, 0.5) is 0 Å². The van der Waals surface area contributed by atoms with Gasteiger partial charge in [0.1, 0.15) is 0 Å². The van der Waals surface area contributed by atoms with Crippen molar-refractivity contribution in [1.82, 2.24) is 4.90 Å². The number of carbonyl (C=O) groups is 1. The van der Waals surface area contributed by atoms with Gasteiger partial charge in [-0.25, -0.2) is 0 Å². The van der Waals surface area contributed by atoms with Gasteiger partial charge in [-0.05, 0) is 26.7 Å². The van der Waals surface area contributed by atoms with Crippen LogP contribution in [0, 0.1) is 0 Å². The molecular weight excluding hydrogens is 176 g/mol. The second-order valence-electron chi connectivity index (χ2n) is 3.78. The summed E-state index contributed by atoms with van der Waals surface area (Å²) < 4.78 is 0. The highest BCUT2D eigenvalue weighted by Crippen LogP contribution is 2.07. The number of hydrogen-bond acceptors (Lipinski definition) is 2. The molecule has 0 aromatic carbocycles. The highest BCUT2D eigenvalue weighted by Gasteiger charge is 2.22. The average Bonchev–Trinajstić information content (AvgIpc) is 2.18. The first-order chi connectivity index (χ1) is 6.58. The van der Waals surface area contributed by atoms with Crippen molar-refractivity contribution in [3.63, 3.8) is 0 Å². The van der Waals surface area contributed by atoms with Crippen molar-refractivity contribution in [2.75, 3.05) is 6.54 Å². The summed E-state index contributed by atoms with van der Waals surface area (Å²) in [6.45, 7) is 8.96. The zero-order valence-corrected chi connectivity index (χ0v) is 9.92. The van der Waals surface area contributed by atoms with Crippen molar-refractivity contribution in [1.29, 1.82) is 0 Å². The second-order valence-corrected chi connectivity index (χ2v) is 3.78.